The lowest BCUT2D eigenvalue weighted by Gasteiger charge is -2.43. The van der Waals surface area contributed by atoms with Gasteiger partial charge in [0, 0.05) is 12.8 Å². The Labute approximate surface area is 175 Å². The van der Waals surface area contributed by atoms with Gasteiger partial charge in [0.05, 0.1) is 6.10 Å². The molecule has 3 saturated carbocycles. The third kappa shape index (κ3) is 6.04. The molecule has 0 heterocycles. The van der Waals surface area contributed by atoms with E-state index in [1.807, 2.05) is 13.8 Å². The van der Waals surface area contributed by atoms with Gasteiger partial charge in [0.15, 0.2) is 6.17 Å². The van der Waals surface area contributed by atoms with Crippen molar-refractivity contribution in [3.05, 3.63) is 0 Å². The highest BCUT2D eigenvalue weighted by Crippen LogP contribution is 2.48. The van der Waals surface area contributed by atoms with Gasteiger partial charge in [-0.2, -0.15) is 8.78 Å². The predicted molar refractivity (Wildman–Crippen MR) is 102 cm³/mol. The second-order valence-corrected chi connectivity index (χ2v) is 9.06. The van der Waals surface area contributed by atoms with E-state index in [-0.39, 0.29) is 24.7 Å². The quantitative estimate of drug-likeness (QED) is 0.409. The maximum Gasteiger partial charge on any atom is 0.364 e. The number of hydrogen-bond acceptors (Lipinski definition) is 1. The van der Waals surface area contributed by atoms with Crippen molar-refractivity contribution < 1.29 is 35.5 Å². The summed E-state index contributed by atoms with van der Waals surface area (Å²) < 4.78 is 103. The smallest absolute Gasteiger partial charge is 0.317 e. The minimum Gasteiger partial charge on any atom is -0.317 e. The molecule has 0 aromatic heterocycles. The summed E-state index contributed by atoms with van der Waals surface area (Å²) in [6.45, 7) is 6.13. The molecule has 4 atom stereocenters. The normalized spacial score (nSPS) is 45.4. The van der Waals surface area contributed by atoms with Crippen LogP contribution in [-0.4, -0.2) is 43.1 Å². The summed E-state index contributed by atoms with van der Waals surface area (Å²) in [5, 5.41) is 0. The van der Waals surface area contributed by atoms with Crippen molar-refractivity contribution in [2.75, 3.05) is 0 Å². The Hall–Kier alpha value is -0.530. The highest BCUT2D eigenvalue weighted by atomic mass is 19.3. The SMILES string of the molecule is CC.CC1CCC(C2CC(F)C(C(F)(F)OC3CC(F)C(F)C(F)C3)C(F)C2)CC1. The summed E-state index contributed by atoms with van der Waals surface area (Å²) in [4.78, 5) is 0. The fraction of sp³-hybridized carbons (Fsp3) is 1.00. The first kappa shape index (κ1) is 25.7. The van der Waals surface area contributed by atoms with Crippen LogP contribution in [0, 0.1) is 23.7 Å². The van der Waals surface area contributed by atoms with Gasteiger partial charge in [-0.1, -0.05) is 33.6 Å². The largest absolute Gasteiger partial charge is 0.364 e. The van der Waals surface area contributed by atoms with Crippen LogP contribution in [-0.2, 0) is 4.74 Å². The van der Waals surface area contributed by atoms with Crippen LogP contribution in [0.3, 0.4) is 0 Å². The minimum atomic E-state index is -4.20. The summed E-state index contributed by atoms with van der Waals surface area (Å²) in [6, 6.07) is 0. The lowest BCUT2D eigenvalue weighted by molar-refractivity contribution is -0.323. The Bertz CT molecular complexity index is 488. The molecule has 3 fully saturated rings. The maximum atomic E-state index is 14.6. The van der Waals surface area contributed by atoms with Crippen LogP contribution in [0.15, 0.2) is 0 Å². The van der Waals surface area contributed by atoms with Crippen LogP contribution in [0.25, 0.3) is 0 Å². The molecule has 0 amide bonds. The van der Waals surface area contributed by atoms with E-state index in [0.29, 0.717) is 5.92 Å². The molecule has 0 aromatic rings. The molecule has 3 rings (SSSR count). The van der Waals surface area contributed by atoms with Crippen LogP contribution in [0.1, 0.15) is 72.1 Å². The maximum absolute atomic E-state index is 14.6. The molecular weight excluding hydrogens is 413 g/mol. The average molecular weight is 449 g/mol. The van der Waals surface area contributed by atoms with E-state index in [2.05, 4.69) is 11.7 Å². The first-order valence-corrected chi connectivity index (χ1v) is 11.3. The van der Waals surface area contributed by atoms with Crippen LogP contribution >= 0.6 is 0 Å². The van der Waals surface area contributed by atoms with Gasteiger partial charge < -0.3 is 4.74 Å². The number of alkyl halides is 7. The number of halogens is 7. The summed E-state index contributed by atoms with van der Waals surface area (Å²) >= 11 is 0. The van der Waals surface area contributed by atoms with E-state index in [1.165, 1.54) is 0 Å². The van der Waals surface area contributed by atoms with Gasteiger partial charge in [-0.25, -0.2) is 22.0 Å². The molecule has 3 aliphatic rings. The summed E-state index contributed by atoms with van der Waals surface area (Å²) in [5.41, 5.74) is 0. The van der Waals surface area contributed by atoms with Gasteiger partial charge in [0.25, 0.3) is 0 Å². The fourth-order valence-corrected chi connectivity index (χ4v) is 5.24. The van der Waals surface area contributed by atoms with E-state index in [0.717, 1.165) is 25.7 Å². The van der Waals surface area contributed by atoms with Gasteiger partial charge in [-0.15, -0.1) is 0 Å². The van der Waals surface area contributed by atoms with Crippen molar-refractivity contribution in [3.63, 3.8) is 0 Å². The van der Waals surface area contributed by atoms with E-state index < -0.39 is 61.8 Å². The topological polar surface area (TPSA) is 9.23 Å². The molecule has 3 aliphatic carbocycles. The van der Waals surface area contributed by atoms with E-state index in [9.17, 15) is 30.7 Å². The molecule has 0 aliphatic heterocycles. The Morgan fingerprint density at radius 3 is 1.60 bits per heavy atom. The number of ether oxygens (including phenoxy) is 1. The van der Waals surface area contributed by atoms with Crippen LogP contribution < -0.4 is 0 Å². The first-order valence-electron chi connectivity index (χ1n) is 11.3. The predicted octanol–water partition coefficient (Wildman–Crippen LogP) is 7.33. The van der Waals surface area contributed by atoms with E-state index in [1.54, 1.807) is 0 Å². The highest BCUT2D eigenvalue weighted by molar-refractivity contribution is 4.95. The van der Waals surface area contributed by atoms with Crippen molar-refractivity contribution in [1.82, 2.24) is 0 Å². The zero-order chi connectivity index (χ0) is 22.6. The molecule has 0 N–H and O–H groups in total. The molecule has 1 nitrogen and oxygen atoms in total. The Balaban J connectivity index is 0.00000155. The molecule has 30 heavy (non-hydrogen) atoms. The van der Waals surface area contributed by atoms with Gasteiger partial charge in [-0.05, 0) is 43.4 Å². The summed E-state index contributed by atoms with van der Waals surface area (Å²) in [6.07, 6.45) is -15.1. The van der Waals surface area contributed by atoms with Gasteiger partial charge >= 0.3 is 6.11 Å². The molecule has 0 aromatic carbocycles. The Morgan fingerprint density at radius 2 is 1.13 bits per heavy atom. The summed E-state index contributed by atoms with van der Waals surface area (Å²) in [7, 11) is 0. The molecule has 8 heteroatoms. The molecular formula is C22H35F7O. The Kier molecular flexibility index (Phi) is 9.32. The lowest BCUT2D eigenvalue weighted by atomic mass is 9.68. The molecule has 4 unspecified atom stereocenters. The van der Waals surface area contributed by atoms with Crippen LogP contribution in [0.2, 0.25) is 0 Å². The van der Waals surface area contributed by atoms with Crippen molar-refractivity contribution in [2.24, 2.45) is 23.7 Å². The van der Waals surface area contributed by atoms with Crippen molar-refractivity contribution >= 4 is 0 Å². The van der Waals surface area contributed by atoms with Gasteiger partial charge in [-0.3, -0.25) is 0 Å². The summed E-state index contributed by atoms with van der Waals surface area (Å²) in [5.74, 6) is -1.86. The third-order valence-corrected chi connectivity index (χ3v) is 6.94. The zero-order valence-electron chi connectivity index (χ0n) is 18.0. The van der Waals surface area contributed by atoms with Crippen molar-refractivity contribution in [2.45, 2.75) is 115 Å². The number of rotatable bonds is 4. The number of hydrogen-bond donors (Lipinski definition) is 0. The molecule has 178 valence electrons. The van der Waals surface area contributed by atoms with Crippen LogP contribution in [0.4, 0.5) is 30.7 Å². The molecule has 0 spiro atoms. The lowest BCUT2D eigenvalue weighted by Crippen LogP contribution is -2.52. The standard InChI is InChI=1S/C20H29F7O.C2H6/c1-10-2-4-11(5-3-10)12-6-14(21)18(15(22)7-12)20(26,27)28-13-8-16(23)19(25)17(24)9-13;1-2/h10-19H,2-9H2,1H3;1-2H3. The van der Waals surface area contributed by atoms with Gasteiger partial charge in [0.1, 0.15) is 30.6 Å². The fourth-order valence-electron chi connectivity index (χ4n) is 5.24. The third-order valence-electron chi connectivity index (χ3n) is 6.94. The average Bonchev–Trinajstić information content (AvgIpc) is 2.67. The van der Waals surface area contributed by atoms with Crippen molar-refractivity contribution in [1.29, 1.82) is 0 Å². The molecule has 0 radical (unpaired) electrons. The molecule has 0 bridgehead atoms. The van der Waals surface area contributed by atoms with E-state index in [4.69, 9.17) is 0 Å². The minimum absolute atomic E-state index is 0.141. The highest BCUT2D eigenvalue weighted by Gasteiger charge is 2.56. The van der Waals surface area contributed by atoms with Crippen LogP contribution in [0.5, 0.6) is 0 Å². The molecule has 0 saturated heterocycles. The van der Waals surface area contributed by atoms with E-state index >= 15 is 0 Å². The first-order chi connectivity index (χ1) is 14.1. The van der Waals surface area contributed by atoms with Gasteiger partial charge in [0.2, 0.25) is 0 Å². The second kappa shape index (κ2) is 10.9. The Morgan fingerprint density at radius 1 is 0.667 bits per heavy atom. The second-order valence-electron chi connectivity index (χ2n) is 9.06. The zero-order valence-corrected chi connectivity index (χ0v) is 18.0. The van der Waals surface area contributed by atoms with Crippen molar-refractivity contribution in [3.8, 4) is 0 Å². The monoisotopic (exact) mass is 448 g/mol.